The lowest BCUT2D eigenvalue weighted by Crippen LogP contribution is -2.28. The van der Waals surface area contributed by atoms with Gasteiger partial charge in [0.05, 0.1) is 10.5 Å². The van der Waals surface area contributed by atoms with E-state index in [2.05, 4.69) is 4.98 Å². The lowest BCUT2D eigenvalue weighted by molar-refractivity contribution is 0.0319. The highest BCUT2D eigenvalue weighted by molar-refractivity contribution is 7.89. The summed E-state index contributed by atoms with van der Waals surface area (Å²) < 4.78 is 32.4. The number of para-hydroxylation sites is 1. The maximum absolute atomic E-state index is 13.0. The van der Waals surface area contributed by atoms with Crippen LogP contribution in [0.1, 0.15) is 46.2 Å². The van der Waals surface area contributed by atoms with Gasteiger partial charge in [-0.1, -0.05) is 24.3 Å². The molecule has 2 aromatic carbocycles. The van der Waals surface area contributed by atoms with Gasteiger partial charge in [0.2, 0.25) is 15.8 Å². The van der Waals surface area contributed by atoms with Crippen LogP contribution in [-0.4, -0.2) is 48.7 Å². The number of aromatic amines is 1. The molecule has 0 unspecified atom stereocenters. The number of esters is 1. The number of H-pyrrole nitrogens is 1. The average molecular weight is 441 g/mol. The number of carbonyl (C=O) groups is 2. The van der Waals surface area contributed by atoms with E-state index in [9.17, 15) is 18.0 Å². The number of nitrogens with zero attached hydrogens (tertiary/aromatic N) is 1. The number of aromatic nitrogens is 1. The fraction of sp³-hybridized carbons (Fsp3) is 0.304. The van der Waals surface area contributed by atoms with Gasteiger partial charge in [0.15, 0.2) is 6.10 Å². The van der Waals surface area contributed by atoms with Crippen molar-refractivity contribution >= 4 is 32.7 Å². The quantitative estimate of drug-likeness (QED) is 0.466. The molecule has 0 saturated carbocycles. The van der Waals surface area contributed by atoms with Crippen LogP contribution >= 0.6 is 0 Å². The molecule has 31 heavy (non-hydrogen) atoms. The molecule has 1 aliphatic rings. The van der Waals surface area contributed by atoms with Gasteiger partial charge in [-0.2, -0.15) is 4.31 Å². The second-order valence-electron chi connectivity index (χ2n) is 7.72. The van der Waals surface area contributed by atoms with Crippen LogP contribution < -0.4 is 0 Å². The van der Waals surface area contributed by atoms with E-state index >= 15 is 0 Å². The third-order valence-electron chi connectivity index (χ3n) is 5.57. The Bertz CT molecular complexity index is 1260. The lowest BCUT2D eigenvalue weighted by atomic mass is 10.0. The Hall–Kier alpha value is -2.97. The molecule has 8 heteroatoms. The highest BCUT2D eigenvalue weighted by atomic mass is 32.2. The third-order valence-corrected chi connectivity index (χ3v) is 7.46. The molecule has 1 atom stereocenters. The van der Waals surface area contributed by atoms with Gasteiger partial charge in [-0.05, 0) is 51.0 Å². The normalized spacial score (nSPS) is 15.8. The number of carbonyl (C=O) groups excluding carboxylic acids is 2. The Balaban J connectivity index is 1.54. The number of hydrogen-bond acceptors (Lipinski definition) is 5. The van der Waals surface area contributed by atoms with Crippen LogP contribution in [0.25, 0.3) is 10.9 Å². The molecule has 162 valence electrons. The van der Waals surface area contributed by atoms with Crippen LogP contribution in [0.3, 0.4) is 0 Å². The fourth-order valence-electron chi connectivity index (χ4n) is 3.94. The predicted octanol–water partition coefficient (Wildman–Crippen LogP) is 3.69. The average Bonchev–Trinajstić information content (AvgIpc) is 3.41. The Morgan fingerprint density at radius 1 is 1.06 bits per heavy atom. The van der Waals surface area contributed by atoms with Gasteiger partial charge in [0, 0.05) is 35.2 Å². The molecule has 0 amide bonds. The van der Waals surface area contributed by atoms with E-state index in [1.54, 1.807) is 6.92 Å². The highest BCUT2D eigenvalue weighted by Gasteiger charge is 2.29. The fourth-order valence-corrected chi connectivity index (χ4v) is 5.50. The van der Waals surface area contributed by atoms with Crippen molar-refractivity contribution in [1.29, 1.82) is 0 Å². The first-order valence-electron chi connectivity index (χ1n) is 10.2. The minimum Gasteiger partial charge on any atom is -0.451 e. The van der Waals surface area contributed by atoms with Gasteiger partial charge in [-0.25, -0.2) is 13.2 Å². The molecule has 1 fully saturated rings. The summed E-state index contributed by atoms with van der Waals surface area (Å²) in [5, 5.41) is 0.770. The van der Waals surface area contributed by atoms with Gasteiger partial charge in [-0.15, -0.1) is 0 Å². The number of nitrogens with one attached hydrogen (secondary N) is 1. The second kappa shape index (κ2) is 8.28. The Morgan fingerprint density at radius 2 is 1.77 bits per heavy atom. The minimum atomic E-state index is -3.65. The molecule has 0 radical (unpaired) electrons. The number of benzene rings is 2. The summed E-state index contributed by atoms with van der Waals surface area (Å²) in [7, 11) is -3.65. The van der Waals surface area contributed by atoms with E-state index < -0.39 is 22.1 Å². The van der Waals surface area contributed by atoms with Crippen molar-refractivity contribution in [3.63, 3.8) is 0 Å². The number of rotatable bonds is 6. The van der Waals surface area contributed by atoms with Crippen molar-refractivity contribution in [3.05, 3.63) is 65.4 Å². The van der Waals surface area contributed by atoms with Crippen LogP contribution in [-0.2, 0) is 14.8 Å². The molecule has 3 aromatic rings. The molecule has 7 nitrogen and oxygen atoms in total. The van der Waals surface area contributed by atoms with Gasteiger partial charge in [-0.3, -0.25) is 4.79 Å². The lowest BCUT2D eigenvalue weighted by Gasteiger charge is -2.16. The largest absolute Gasteiger partial charge is 0.451 e. The Kier molecular flexibility index (Phi) is 5.68. The number of fused-ring (bicyclic) bond motifs is 1. The van der Waals surface area contributed by atoms with Crippen molar-refractivity contribution in [3.8, 4) is 0 Å². The van der Waals surface area contributed by atoms with Crippen LogP contribution in [0.2, 0.25) is 0 Å². The molecule has 1 N–H and O–H groups in total. The molecule has 1 aliphatic heterocycles. The smallest absolute Gasteiger partial charge is 0.338 e. The molecule has 2 heterocycles. The zero-order valence-corrected chi connectivity index (χ0v) is 18.2. The number of ketones is 1. The van der Waals surface area contributed by atoms with E-state index in [0.717, 1.165) is 23.7 Å². The summed E-state index contributed by atoms with van der Waals surface area (Å²) in [6, 6.07) is 13.2. The zero-order chi connectivity index (χ0) is 22.2. The van der Waals surface area contributed by atoms with E-state index in [4.69, 9.17) is 4.74 Å². The van der Waals surface area contributed by atoms with Crippen LogP contribution in [0, 0.1) is 6.92 Å². The number of hydrogen-bond donors (Lipinski definition) is 1. The van der Waals surface area contributed by atoms with E-state index in [1.807, 2.05) is 24.3 Å². The third kappa shape index (κ3) is 4.00. The van der Waals surface area contributed by atoms with Crippen molar-refractivity contribution in [2.75, 3.05) is 13.1 Å². The molecule has 4 rings (SSSR count). The van der Waals surface area contributed by atoms with Crippen LogP contribution in [0.15, 0.2) is 53.4 Å². The molecule has 1 saturated heterocycles. The first-order chi connectivity index (χ1) is 14.8. The zero-order valence-electron chi connectivity index (χ0n) is 17.4. The van der Waals surface area contributed by atoms with Crippen molar-refractivity contribution < 1.29 is 22.7 Å². The standard InChI is InChI=1S/C23H24N2O5S/c1-15-21(19-10-3-4-11-20(19)24-15)22(26)16(2)30-23(27)17-8-7-9-18(14-17)31(28,29)25-12-5-6-13-25/h3-4,7-11,14,16,24H,5-6,12-13H2,1-2H3/t16-/m1/s1. The highest BCUT2D eigenvalue weighted by Crippen LogP contribution is 2.25. The summed E-state index contributed by atoms with van der Waals surface area (Å²) in [4.78, 5) is 28.9. The maximum Gasteiger partial charge on any atom is 0.338 e. The first-order valence-corrected chi connectivity index (χ1v) is 11.7. The van der Waals surface area contributed by atoms with Crippen molar-refractivity contribution in [2.45, 2.75) is 37.7 Å². The molecular formula is C23H24N2O5S. The number of aryl methyl sites for hydroxylation is 1. The SMILES string of the molecule is Cc1[nH]c2ccccc2c1C(=O)[C@@H](C)OC(=O)c1cccc(S(=O)(=O)N2CCCC2)c1. The monoisotopic (exact) mass is 440 g/mol. The molecule has 0 bridgehead atoms. The van der Waals surface area contributed by atoms with Gasteiger partial charge in [0.1, 0.15) is 0 Å². The van der Waals surface area contributed by atoms with Gasteiger partial charge >= 0.3 is 5.97 Å². The summed E-state index contributed by atoms with van der Waals surface area (Å²) in [5.41, 5.74) is 2.12. The van der Waals surface area contributed by atoms with Crippen LogP contribution in [0.5, 0.6) is 0 Å². The topological polar surface area (TPSA) is 96.5 Å². The van der Waals surface area contributed by atoms with Crippen molar-refractivity contribution in [1.82, 2.24) is 9.29 Å². The summed E-state index contributed by atoms with van der Waals surface area (Å²) in [5.74, 6) is -1.05. The van der Waals surface area contributed by atoms with E-state index in [1.165, 1.54) is 35.5 Å². The summed E-state index contributed by atoms with van der Waals surface area (Å²) in [6.07, 6.45) is 0.631. The summed E-state index contributed by atoms with van der Waals surface area (Å²) >= 11 is 0. The second-order valence-corrected chi connectivity index (χ2v) is 9.66. The number of sulfonamides is 1. The van der Waals surface area contributed by atoms with E-state index in [0.29, 0.717) is 24.3 Å². The van der Waals surface area contributed by atoms with E-state index in [-0.39, 0.29) is 16.2 Å². The molecular weight excluding hydrogens is 416 g/mol. The molecule has 0 spiro atoms. The summed E-state index contributed by atoms with van der Waals surface area (Å²) in [6.45, 7) is 4.28. The first kappa shape index (κ1) is 21.3. The number of Topliss-reactive ketones (excluding diaryl/α,β-unsaturated/α-hetero) is 1. The van der Waals surface area contributed by atoms with Gasteiger partial charge in [0.25, 0.3) is 0 Å². The van der Waals surface area contributed by atoms with Crippen LogP contribution in [0.4, 0.5) is 0 Å². The van der Waals surface area contributed by atoms with Gasteiger partial charge < -0.3 is 9.72 Å². The number of ether oxygens (including phenoxy) is 1. The Morgan fingerprint density at radius 3 is 2.52 bits per heavy atom. The maximum atomic E-state index is 13.0. The predicted molar refractivity (Wildman–Crippen MR) is 117 cm³/mol. The Labute approximate surface area is 181 Å². The molecule has 1 aromatic heterocycles. The van der Waals surface area contributed by atoms with Crippen molar-refractivity contribution in [2.24, 2.45) is 0 Å². The molecule has 0 aliphatic carbocycles. The minimum absolute atomic E-state index is 0.0512.